The SMILES string of the molecule is CCn1cc([N+](=O)[O-])cc1C(=O)NCC1(O)CCCCC1. The lowest BCUT2D eigenvalue weighted by Gasteiger charge is -2.32. The molecule has 7 nitrogen and oxygen atoms in total. The maximum atomic E-state index is 12.2. The molecule has 0 aliphatic heterocycles. The molecule has 0 radical (unpaired) electrons. The third-order valence-corrected chi connectivity index (χ3v) is 4.03. The third kappa shape index (κ3) is 3.60. The highest BCUT2D eigenvalue weighted by atomic mass is 16.6. The number of nitro groups is 1. The number of hydrogen-bond donors (Lipinski definition) is 2. The summed E-state index contributed by atoms with van der Waals surface area (Å²) in [7, 11) is 0. The van der Waals surface area contributed by atoms with Crippen LogP contribution in [0.5, 0.6) is 0 Å². The lowest BCUT2D eigenvalue weighted by Crippen LogP contribution is -2.44. The van der Waals surface area contributed by atoms with Gasteiger partial charge in [-0.2, -0.15) is 0 Å². The molecule has 0 spiro atoms. The number of rotatable bonds is 5. The largest absolute Gasteiger partial charge is 0.388 e. The molecule has 0 saturated heterocycles. The Bertz CT molecular complexity index is 532. The van der Waals surface area contributed by atoms with Crippen molar-refractivity contribution in [3.8, 4) is 0 Å². The minimum absolute atomic E-state index is 0.0987. The molecular weight excluding hydrogens is 274 g/mol. The first-order valence-electron chi connectivity index (χ1n) is 7.30. The molecule has 2 rings (SSSR count). The molecule has 0 atom stereocenters. The Balaban J connectivity index is 2.04. The molecule has 0 bridgehead atoms. The zero-order valence-corrected chi connectivity index (χ0v) is 12.2. The van der Waals surface area contributed by atoms with Crippen LogP contribution in [-0.4, -0.2) is 32.6 Å². The third-order valence-electron chi connectivity index (χ3n) is 4.03. The van der Waals surface area contributed by atoms with Crippen molar-refractivity contribution in [2.45, 2.75) is 51.2 Å². The van der Waals surface area contributed by atoms with Gasteiger partial charge in [0.2, 0.25) is 0 Å². The molecule has 21 heavy (non-hydrogen) atoms. The van der Waals surface area contributed by atoms with Crippen LogP contribution in [0.1, 0.15) is 49.5 Å². The summed E-state index contributed by atoms with van der Waals surface area (Å²) in [5.74, 6) is -0.385. The standard InChI is InChI=1S/C14H21N3O4/c1-2-16-9-11(17(20)21)8-12(16)13(18)15-10-14(19)6-4-3-5-7-14/h8-9,19H,2-7,10H2,1H3,(H,15,18). The van der Waals surface area contributed by atoms with Gasteiger partial charge >= 0.3 is 0 Å². The highest BCUT2D eigenvalue weighted by Crippen LogP contribution is 2.27. The molecule has 1 aliphatic carbocycles. The van der Waals surface area contributed by atoms with Crippen LogP contribution >= 0.6 is 0 Å². The number of nitrogens with zero attached hydrogens (tertiary/aromatic N) is 2. The van der Waals surface area contributed by atoms with Crippen LogP contribution in [0, 0.1) is 10.1 Å². The van der Waals surface area contributed by atoms with Crippen molar-refractivity contribution in [2.24, 2.45) is 0 Å². The second-order valence-electron chi connectivity index (χ2n) is 5.59. The summed E-state index contributed by atoms with van der Waals surface area (Å²) in [6.07, 6.45) is 5.75. The summed E-state index contributed by atoms with van der Waals surface area (Å²) in [5, 5.41) is 23.8. The number of aliphatic hydroxyl groups is 1. The van der Waals surface area contributed by atoms with E-state index < -0.39 is 10.5 Å². The number of carbonyl (C=O) groups excluding carboxylic acids is 1. The van der Waals surface area contributed by atoms with Gasteiger partial charge in [-0.05, 0) is 19.8 Å². The van der Waals surface area contributed by atoms with Crippen molar-refractivity contribution in [1.82, 2.24) is 9.88 Å². The fourth-order valence-corrected chi connectivity index (χ4v) is 2.77. The fraction of sp³-hybridized carbons (Fsp3) is 0.643. The maximum Gasteiger partial charge on any atom is 0.287 e. The van der Waals surface area contributed by atoms with E-state index >= 15 is 0 Å². The maximum absolute atomic E-state index is 12.2. The average Bonchev–Trinajstić information content (AvgIpc) is 2.90. The van der Waals surface area contributed by atoms with Gasteiger partial charge in [0.25, 0.3) is 11.6 Å². The van der Waals surface area contributed by atoms with E-state index in [1.54, 1.807) is 4.57 Å². The number of aryl methyl sites for hydroxylation is 1. The first-order chi connectivity index (χ1) is 9.95. The first-order valence-corrected chi connectivity index (χ1v) is 7.30. The molecule has 1 saturated carbocycles. The summed E-state index contributed by atoms with van der Waals surface area (Å²) in [6, 6.07) is 1.27. The molecule has 1 aromatic rings. The quantitative estimate of drug-likeness (QED) is 0.639. The van der Waals surface area contributed by atoms with E-state index in [1.807, 2.05) is 6.92 Å². The summed E-state index contributed by atoms with van der Waals surface area (Å²) < 4.78 is 1.54. The average molecular weight is 295 g/mol. The Morgan fingerprint density at radius 3 is 2.71 bits per heavy atom. The van der Waals surface area contributed by atoms with Gasteiger partial charge in [-0.15, -0.1) is 0 Å². The second kappa shape index (κ2) is 6.26. The molecule has 0 unspecified atom stereocenters. The summed E-state index contributed by atoms with van der Waals surface area (Å²) in [6.45, 7) is 2.48. The van der Waals surface area contributed by atoms with Gasteiger partial charge in [0.05, 0.1) is 16.7 Å². The predicted molar refractivity (Wildman–Crippen MR) is 77.1 cm³/mol. The number of carbonyl (C=O) groups is 1. The van der Waals surface area contributed by atoms with E-state index in [1.165, 1.54) is 12.3 Å². The zero-order chi connectivity index (χ0) is 15.5. The van der Waals surface area contributed by atoms with Crippen LogP contribution in [-0.2, 0) is 6.54 Å². The van der Waals surface area contributed by atoms with Crippen LogP contribution < -0.4 is 5.32 Å². The van der Waals surface area contributed by atoms with Crippen LogP contribution in [0.2, 0.25) is 0 Å². The molecule has 1 aromatic heterocycles. The molecule has 1 aliphatic rings. The van der Waals surface area contributed by atoms with Gasteiger partial charge in [0, 0.05) is 19.2 Å². The Hall–Kier alpha value is -1.89. The van der Waals surface area contributed by atoms with Gasteiger partial charge in [0.15, 0.2) is 0 Å². The molecule has 2 N–H and O–H groups in total. The Kier molecular flexibility index (Phi) is 4.62. The van der Waals surface area contributed by atoms with E-state index in [4.69, 9.17) is 0 Å². The lowest BCUT2D eigenvalue weighted by atomic mass is 9.85. The minimum Gasteiger partial charge on any atom is -0.388 e. The van der Waals surface area contributed by atoms with Gasteiger partial charge < -0.3 is 15.0 Å². The van der Waals surface area contributed by atoms with E-state index in [0.29, 0.717) is 19.4 Å². The summed E-state index contributed by atoms with van der Waals surface area (Å²) in [5.41, 5.74) is -0.689. The second-order valence-corrected chi connectivity index (χ2v) is 5.59. The van der Waals surface area contributed by atoms with E-state index in [2.05, 4.69) is 5.32 Å². The monoisotopic (exact) mass is 295 g/mol. The Morgan fingerprint density at radius 2 is 2.14 bits per heavy atom. The smallest absolute Gasteiger partial charge is 0.287 e. The summed E-state index contributed by atoms with van der Waals surface area (Å²) >= 11 is 0. The summed E-state index contributed by atoms with van der Waals surface area (Å²) in [4.78, 5) is 22.4. The van der Waals surface area contributed by atoms with Crippen molar-refractivity contribution in [3.05, 3.63) is 28.1 Å². The van der Waals surface area contributed by atoms with Gasteiger partial charge in [-0.3, -0.25) is 14.9 Å². The first kappa shape index (κ1) is 15.5. The van der Waals surface area contributed by atoms with Crippen LogP contribution in [0.15, 0.2) is 12.3 Å². The lowest BCUT2D eigenvalue weighted by molar-refractivity contribution is -0.384. The normalized spacial score (nSPS) is 17.4. The molecule has 7 heteroatoms. The number of amides is 1. The highest BCUT2D eigenvalue weighted by Gasteiger charge is 2.30. The predicted octanol–water partition coefficient (Wildman–Crippen LogP) is 1.84. The van der Waals surface area contributed by atoms with Gasteiger partial charge in [-0.1, -0.05) is 19.3 Å². The van der Waals surface area contributed by atoms with Gasteiger partial charge in [0.1, 0.15) is 5.69 Å². The van der Waals surface area contributed by atoms with E-state index in [-0.39, 0.29) is 23.8 Å². The molecule has 1 amide bonds. The molecule has 0 aromatic carbocycles. The van der Waals surface area contributed by atoms with E-state index in [0.717, 1.165) is 19.3 Å². The number of nitrogens with one attached hydrogen (secondary N) is 1. The molecule has 1 heterocycles. The molecular formula is C14H21N3O4. The van der Waals surface area contributed by atoms with Crippen molar-refractivity contribution >= 4 is 11.6 Å². The Morgan fingerprint density at radius 1 is 1.48 bits per heavy atom. The minimum atomic E-state index is -0.844. The molecule has 116 valence electrons. The van der Waals surface area contributed by atoms with Crippen LogP contribution in [0.4, 0.5) is 5.69 Å². The highest BCUT2D eigenvalue weighted by molar-refractivity contribution is 5.93. The van der Waals surface area contributed by atoms with Crippen molar-refractivity contribution in [2.75, 3.05) is 6.54 Å². The van der Waals surface area contributed by atoms with Crippen molar-refractivity contribution < 1.29 is 14.8 Å². The number of hydrogen-bond acceptors (Lipinski definition) is 4. The van der Waals surface area contributed by atoms with Crippen LogP contribution in [0.3, 0.4) is 0 Å². The zero-order valence-electron chi connectivity index (χ0n) is 12.2. The topological polar surface area (TPSA) is 97.4 Å². The van der Waals surface area contributed by atoms with E-state index in [9.17, 15) is 20.0 Å². The van der Waals surface area contributed by atoms with Crippen LogP contribution in [0.25, 0.3) is 0 Å². The van der Waals surface area contributed by atoms with Gasteiger partial charge in [-0.25, -0.2) is 0 Å². The fourth-order valence-electron chi connectivity index (χ4n) is 2.77. The van der Waals surface area contributed by atoms with Crippen molar-refractivity contribution in [1.29, 1.82) is 0 Å². The Labute approximate surface area is 123 Å². The number of aromatic nitrogens is 1. The molecule has 1 fully saturated rings. The van der Waals surface area contributed by atoms with Crippen molar-refractivity contribution in [3.63, 3.8) is 0 Å².